The summed E-state index contributed by atoms with van der Waals surface area (Å²) in [6.07, 6.45) is 3.67. The second-order valence-corrected chi connectivity index (χ2v) is 5.88. The van der Waals surface area contributed by atoms with E-state index in [-0.39, 0.29) is 11.3 Å². The predicted octanol–water partition coefficient (Wildman–Crippen LogP) is 5.32. The highest BCUT2D eigenvalue weighted by atomic mass is 19.4. The standard InChI is InChI=1S/C17H20F3NO/c18-17(19,20)15-8-14(11-21)9-16(10-15)22-12-13-6-4-2-1-3-5-7-13/h8-10,13H,1-7,12H2. The summed E-state index contributed by atoms with van der Waals surface area (Å²) in [5, 5.41) is 8.86. The fourth-order valence-electron chi connectivity index (χ4n) is 2.83. The first-order chi connectivity index (χ1) is 10.5. The van der Waals surface area contributed by atoms with E-state index in [1.54, 1.807) is 6.07 Å². The molecule has 1 aliphatic rings. The van der Waals surface area contributed by atoms with Gasteiger partial charge in [0.1, 0.15) is 5.75 Å². The number of halogens is 3. The first kappa shape index (κ1) is 16.7. The van der Waals surface area contributed by atoms with Gasteiger partial charge in [-0.25, -0.2) is 0 Å². The van der Waals surface area contributed by atoms with E-state index in [1.165, 1.54) is 25.3 Å². The van der Waals surface area contributed by atoms with Crippen molar-refractivity contribution in [2.75, 3.05) is 6.61 Å². The summed E-state index contributed by atoms with van der Waals surface area (Å²) < 4.78 is 44.0. The van der Waals surface area contributed by atoms with Crippen LogP contribution in [0.1, 0.15) is 56.1 Å². The van der Waals surface area contributed by atoms with Gasteiger partial charge in [-0.2, -0.15) is 18.4 Å². The molecular formula is C17H20F3NO. The van der Waals surface area contributed by atoms with Crippen LogP contribution in [0.3, 0.4) is 0 Å². The Hall–Kier alpha value is -1.70. The van der Waals surface area contributed by atoms with Gasteiger partial charge in [0.2, 0.25) is 0 Å². The molecule has 5 heteroatoms. The number of alkyl halides is 3. The van der Waals surface area contributed by atoms with Crippen LogP contribution in [0.15, 0.2) is 18.2 Å². The van der Waals surface area contributed by atoms with E-state index in [1.807, 2.05) is 0 Å². The zero-order valence-corrected chi connectivity index (χ0v) is 12.5. The molecule has 1 aliphatic carbocycles. The predicted molar refractivity (Wildman–Crippen MR) is 77.5 cm³/mol. The average Bonchev–Trinajstić information content (AvgIpc) is 2.45. The minimum atomic E-state index is -4.47. The highest BCUT2D eigenvalue weighted by Gasteiger charge is 2.31. The third-order valence-electron chi connectivity index (χ3n) is 4.07. The van der Waals surface area contributed by atoms with Gasteiger partial charge < -0.3 is 4.74 Å². The zero-order chi connectivity index (χ0) is 16.0. The minimum absolute atomic E-state index is 0.0255. The van der Waals surface area contributed by atoms with Crippen LogP contribution in [0.5, 0.6) is 5.75 Å². The fraction of sp³-hybridized carbons (Fsp3) is 0.588. The van der Waals surface area contributed by atoms with Gasteiger partial charge in [0.05, 0.1) is 23.8 Å². The monoisotopic (exact) mass is 311 g/mol. The Balaban J connectivity index is 2.03. The van der Waals surface area contributed by atoms with E-state index >= 15 is 0 Å². The van der Waals surface area contributed by atoms with Crippen LogP contribution in [0.25, 0.3) is 0 Å². The number of rotatable bonds is 3. The van der Waals surface area contributed by atoms with Gasteiger partial charge in [-0.3, -0.25) is 0 Å². The van der Waals surface area contributed by atoms with Gasteiger partial charge in [0, 0.05) is 0 Å². The molecule has 0 aliphatic heterocycles. The third kappa shape index (κ3) is 4.94. The molecule has 1 saturated carbocycles. The maximum Gasteiger partial charge on any atom is 0.416 e. The molecule has 0 spiro atoms. The van der Waals surface area contributed by atoms with Crippen molar-refractivity contribution in [2.45, 2.75) is 51.1 Å². The normalized spacial score (nSPS) is 17.4. The number of hydrogen-bond donors (Lipinski definition) is 0. The number of benzene rings is 1. The van der Waals surface area contributed by atoms with E-state index in [2.05, 4.69) is 0 Å². The summed E-state index contributed by atoms with van der Waals surface area (Å²) in [5.74, 6) is 0.522. The molecule has 1 aromatic rings. The lowest BCUT2D eigenvalue weighted by atomic mass is 9.92. The number of ether oxygens (including phenoxy) is 1. The van der Waals surface area contributed by atoms with E-state index in [0.29, 0.717) is 12.5 Å². The Morgan fingerprint density at radius 2 is 1.68 bits per heavy atom. The largest absolute Gasteiger partial charge is 0.493 e. The lowest BCUT2D eigenvalue weighted by molar-refractivity contribution is -0.137. The molecule has 0 bridgehead atoms. The molecule has 0 radical (unpaired) electrons. The molecule has 0 atom stereocenters. The van der Waals surface area contributed by atoms with Crippen molar-refractivity contribution < 1.29 is 17.9 Å². The summed E-state index contributed by atoms with van der Waals surface area (Å²) in [6.45, 7) is 0.423. The number of nitriles is 1. The summed E-state index contributed by atoms with van der Waals surface area (Å²) >= 11 is 0. The van der Waals surface area contributed by atoms with Crippen LogP contribution in [0, 0.1) is 17.2 Å². The summed E-state index contributed by atoms with van der Waals surface area (Å²) in [5.41, 5.74) is -0.860. The van der Waals surface area contributed by atoms with Gasteiger partial charge >= 0.3 is 6.18 Å². The van der Waals surface area contributed by atoms with Crippen molar-refractivity contribution in [3.63, 3.8) is 0 Å². The highest BCUT2D eigenvalue weighted by molar-refractivity contribution is 5.41. The van der Waals surface area contributed by atoms with Crippen molar-refractivity contribution in [1.29, 1.82) is 5.26 Å². The molecule has 0 heterocycles. The van der Waals surface area contributed by atoms with Gasteiger partial charge in [0.25, 0.3) is 0 Å². The van der Waals surface area contributed by atoms with Gasteiger partial charge in [-0.1, -0.05) is 32.1 Å². The quantitative estimate of drug-likeness (QED) is 0.757. The molecule has 0 N–H and O–H groups in total. The molecule has 1 aromatic carbocycles. The molecule has 0 aromatic heterocycles. The van der Waals surface area contributed by atoms with Crippen molar-refractivity contribution in [2.24, 2.45) is 5.92 Å². The first-order valence-electron chi connectivity index (χ1n) is 7.74. The minimum Gasteiger partial charge on any atom is -0.493 e. The van der Waals surface area contributed by atoms with E-state index in [4.69, 9.17) is 10.00 Å². The van der Waals surface area contributed by atoms with Crippen LogP contribution in [-0.2, 0) is 6.18 Å². The maximum absolute atomic E-state index is 12.8. The van der Waals surface area contributed by atoms with Gasteiger partial charge in [-0.15, -0.1) is 0 Å². The summed E-state index contributed by atoms with van der Waals surface area (Å²) in [6, 6.07) is 4.96. The second kappa shape index (κ2) is 7.53. The van der Waals surface area contributed by atoms with Crippen molar-refractivity contribution in [3.8, 4) is 11.8 Å². The average molecular weight is 311 g/mol. The van der Waals surface area contributed by atoms with Crippen molar-refractivity contribution in [3.05, 3.63) is 29.3 Å². The molecular weight excluding hydrogens is 291 g/mol. The Labute approximate surface area is 128 Å². The van der Waals surface area contributed by atoms with Crippen LogP contribution < -0.4 is 4.74 Å². The smallest absolute Gasteiger partial charge is 0.416 e. The van der Waals surface area contributed by atoms with Crippen LogP contribution >= 0.6 is 0 Å². The van der Waals surface area contributed by atoms with Crippen LogP contribution in [-0.4, -0.2) is 6.61 Å². The molecule has 2 rings (SSSR count). The molecule has 0 unspecified atom stereocenters. The van der Waals surface area contributed by atoms with Crippen LogP contribution in [0.2, 0.25) is 0 Å². The molecule has 0 amide bonds. The Bertz CT molecular complexity index is 526. The Morgan fingerprint density at radius 1 is 1.05 bits per heavy atom. The van der Waals surface area contributed by atoms with E-state index < -0.39 is 11.7 Å². The van der Waals surface area contributed by atoms with E-state index in [0.717, 1.165) is 37.8 Å². The first-order valence-corrected chi connectivity index (χ1v) is 7.74. The SMILES string of the molecule is N#Cc1cc(OCC2CCCCCCC2)cc(C(F)(F)F)c1. The Morgan fingerprint density at radius 3 is 2.27 bits per heavy atom. The van der Waals surface area contributed by atoms with E-state index in [9.17, 15) is 13.2 Å². The highest BCUT2D eigenvalue weighted by Crippen LogP contribution is 2.33. The van der Waals surface area contributed by atoms with Gasteiger partial charge in [0.15, 0.2) is 0 Å². The number of nitrogens with zero attached hydrogens (tertiary/aromatic N) is 1. The second-order valence-electron chi connectivity index (χ2n) is 5.88. The fourth-order valence-corrected chi connectivity index (χ4v) is 2.83. The van der Waals surface area contributed by atoms with Crippen LogP contribution in [0.4, 0.5) is 13.2 Å². The third-order valence-corrected chi connectivity index (χ3v) is 4.07. The maximum atomic E-state index is 12.8. The van der Waals surface area contributed by atoms with Gasteiger partial charge in [-0.05, 0) is 37.0 Å². The molecule has 22 heavy (non-hydrogen) atoms. The molecule has 120 valence electrons. The zero-order valence-electron chi connectivity index (χ0n) is 12.5. The molecule has 0 saturated heterocycles. The summed E-state index contributed by atoms with van der Waals surface area (Å²) in [4.78, 5) is 0. The molecule has 2 nitrogen and oxygen atoms in total. The number of hydrogen-bond acceptors (Lipinski definition) is 2. The van der Waals surface area contributed by atoms with Crippen molar-refractivity contribution in [1.82, 2.24) is 0 Å². The topological polar surface area (TPSA) is 33.0 Å². The lowest BCUT2D eigenvalue weighted by Gasteiger charge is -2.20. The Kier molecular flexibility index (Phi) is 5.70. The molecule has 1 fully saturated rings. The lowest BCUT2D eigenvalue weighted by Crippen LogP contribution is -2.14. The summed E-state index contributed by atoms with van der Waals surface area (Å²) in [7, 11) is 0. The van der Waals surface area contributed by atoms with Crippen molar-refractivity contribution >= 4 is 0 Å².